The van der Waals surface area contributed by atoms with Crippen LogP contribution in [0.5, 0.6) is 0 Å². The molecule has 26 heavy (non-hydrogen) atoms. The molecule has 1 saturated carbocycles. The van der Waals surface area contributed by atoms with Gasteiger partial charge in [-0.15, -0.1) is 0 Å². The number of ether oxygens (including phenoxy) is 1. The maximum absolute atomic E-state index is 12.2. The Morgan fingerprint density at radius 1 is 1.12 bits per heavy atom. The number of carboxylic acids is 1. The van der Waals surface area contributed by atoms with Gasteiger partial charge in [-0.3, -0.25) is 0 Å². The van der Waals surface area contributed by atoms with E-state index in [4.69, 9.17) is 4.74 Å². The third kappa shape index (κ3) is 3.05. The number of carbonyl (C=O) groups is 2. The summed E-state index contributed by atoms with van der Waals surface area (Å²) in [6, 6.07) is 16.3. The summed E-state index contributed by atoms with van der Waals surface area (Å²) in [5.41, 5.74) is 3.07. The highest BCUT2D eigenvalue weighted by Gasteiger charge is 2.58. The summed E-state index contributed by atoms with van der Waals surface area (Å²) in [5, 5.41) is 12.4. The zero-order chi connectivity index (χ0) is 18.1. The highest BCUT2D eigenvalue weighted by Crippen LogP contribution is 2.64. The van der Waals surface area contributed by atoms with Gasteiger partial charge in [0.15, 0.2) is 0 Å². The summed E-state index contributed by atoms with van der Waals surface area (Å²) in [6.45, 7) is 0.116. The van der Waals surface area contributed by atoms with Crippen molar-refractivity contribution in [3.8, 4) is 0 Å². The number of hydrogen-bond acceptors (Lipinski definition) is 3. The van der Waals surface area contributed by atoms with Crippen LogP contribution in [0.4, 0.5) is 4.79 Å². The fourth-order valence-electron chi connectivity index (χ4n) is 4.18. The lowest BCUT2D eigenvalue weighted by atomic mass is 9.83. The Morgan fingerprint density at radius 3 is 2.50 bits per heavy atom. The Bertz CT molecular complexity index is 829. The molecule has 0 heterocycles. The van der Waals surface area contributed by atoms with Crippen LogP contribution in [0.2, 0.25) is 0 Å². The van der Waals surface area contributed by atoms with Gasteiger partial charge >= 0.3 is 12.1 Å². The molecule has 1 fully saturated rings. The zero-order valence-corrected chi connectivity index (χ0v) is 14.4. The molecule has 1 spiro atoms. The summed E-state index contributed by atoms with van der Waals surface area (Å²) >= 11 is 0. The van der Waals surface area contributed by atoms with Crippen molar-refractivity contribution in [3.63, 3.8) is 0 Å². The quantitative estimate of drug-likeness (QED) is 0.865. The van der Waals surface area contributed by atoms with E-state index in [-0.39, 0.29) is 17.9 Å². The van der Waals surface area contributed by atoms with Crippen LogP contribution >= 0.6 is 0 Å². The highest BCUT2D eigenvalue weighted by molar-refractivity contribution is 5.81. The summed E-state index contributed by atoms with van der Waals surface area (Å²) in [4.78, 5) is 24.2. The summed E-state index contributed by atoms with van der Waals surface area (Å²) in [7, 11) is 0. The van der Waals surface area contributed by atoms with E-state index in [1.165, 1.54) is 5.56 Å². The predicted molar refractivity (Wildman–Crippen MR) is 95.7 cm³/mol. The number of nitrogens with one attached hydrogen (secondary N) is 1. The summed E-state index contributed by atoms with van der Waals surface area (Å²) < 4.78 is 5.23. The lowest BCUT2D eigenvalue weighted by Crippen LogP contribution is -2.46. The van der Waals surface area contributed by atoms with Gasteiger partial charge in [0, 0.05) is 5.92 Å². The molecule has 2 aliphatic rings. The van der Waals surface area contributed by atoms with Crippen molar-refractivity contribution in [2.75, 3.05) is 0 Å². The Kier molecular flexibility index (Phi) is 4.15. The maximum atomic E-state index is 12.2. The summed E-state index contributed by atoms with van der Waals surface area (Å²) in [6.07, 6.45) is 2.19. The maximum Gasteiger partial charge on any atom is 0.408 e. The van der Waals surface area contributed by atoms with Gasteiger partial charge in [-0.05, 0) is 41.4 Å². The minimum absolute atomic E-state index is 0.0283. The van der Waals surface area contributed by atoms with Crippen LogP contribution in [-0.4, -0.2) is 23.2 Å². The normalized spacial score (nSPS) is 20.2. The number of amides is 1. The number of rotatable bonds is 5. The molecule has 0 unspecified atom stereocenters. The molecule has 0 radical (unpaired) electrons. The number of aliphatic carboxylic acids is 1. The first-order valence-electron chi connectivity index (χ1n) is 8.87. The van der Waals surface area contributed by atoms with Crippen molar-refractivity contribution < 1.29 is 19.4 Å². The number of fused-ring (bicyclic) bond motifs is 1. The topological polar surface area (TPSA) is 75.6 Å². The molecule has 0 bridgehead atoms. The number of benzene rings is 2. The van der Waals surface area contributed by atoms with E-state index in [0.717, 1.165) is 30.4 Å². The lowest BCUT2D eigenvalue weighted by molar-refractivity contribution is -0.140. The van der Waals surface area contributed by atoms with E-state index < -0.39 is 18.1 Å². The van der Waals surface area contributed by atoms with Gasteiger partial charge in [0.1, 0.15) is 12.6 Å². The average Bonchev–Trinajstić information content (AvgIpc) is 3.33. The first kappa shape index (κ1) is 16.6. The minimum Gasteiger partial charge on any atom is -0.480 e. The van der Waals surface area contributed by atoms with Gasteiger partial charge < -0.3 is 15.2 Å². The van der Waals surface area contributed by atoms with Crippen LogP contribution in [-0.2, 0) is 22.6 Å². The van der Waals surface area contributed by atoms with E-state index in [9.17, 15) is 14.7 Å². The van der Waals surface area contributed by atoms with E-state index in [0.29, 0.717) is 0 Å². The van der Waals surface area contributed by atoms with Gasteiger partial charge in [0.2, 0.25) is 0 Å². The molecule has 2 aliphatic carbocycles. The second kappa shape index (κ2) is 6.48. The van der Waals surface area contributed by atoms with E-state index in [2.05, 4.69) is 11.4 Å². The van der Waals surface area contributed by atoms with E-state index in [1.807, 2.05) is 48.5 Å². The number of carbonyl (C=O) groups excluding carboxylic acids is 1. The van der Waals surface area contributed by atoms with E-state index in [1.54, 1.807) is 0 Å². The molecular formula is C21H21NO4. The predicted octanol–water partition coefficient (Wildman–Crippen LogP) is 3.49. The second-order valence-corrected chi connectivity index (χ2v) is 7.24. The lowest BCUT2D eigenvalue weighted by Gasteiger charge is -2.27. The van der Waals surface area contributed by atoms with Crippen LogP contribution in [0.15, 0.2) is 54.6 Å². The van der Waals surface area contributed by atoms with Crippen molar-refractivity contribution >= 4 is 12.1 Å². The van der Waals surface area contributed by atoms with Crippen molar-refractivity contribution in [1.29, 1.82) is 0 Å². The molecule has 2 aromatic carbocycles. The molecule has 0 aliphatic heterocycles. The van der Waals surface area contributed by atoms with E-state index >= 15 is 0 Å². The molecular weight excluding hydrogens is 330 g/mol. The molecule has 4 rings (SSSR count). The molecule has 5 heteroatoms. The van der Waals surface area contributed by atoms with Crippen molar-refractivity contribution in [3.05, 3.63) is 71.3 Å². The fourth-order valence-corrected chi connectivity index (χ4v) is 4.18. The molecule has 2 atom stereocenters. The van der Waals surface area contributed by atoms with Gasteiger partial charge in [0.25, 0.3) is 0 Å². The molecule has 5 nitrogen and oxygen atoms in total. The van der Waals surface area contributed by atoms with Crippen molar-refractivity contribution in [1.82, 2.24) is 5.32 Å². The Labute approximate surface area is 152 Å². The summed E-state index contributed by atoms with van der Waals surface area (Å²) in [5.74, 6) is -1.23. The van der Waals surface area contributed by atoms with Crippen molar-refractivity contribution in [2.45, 2.75) is 37.8 Å². The largest absolute Gasteiger partial charge is 0.480 e. The smallest absolute Gasteiger partial charge is 0.408 e. The molecule has 2 aromatic rings. The van der Waals surface area contributed by atoms with Gasteiger partial charge in [-0.25, -0.2) is 9.59 Å². The monoisotopic (exact) mass is 351 g/mol. The first-order chi connectivity index (χ1) is 12.6. The molecule has 1 amide bonds. The Morgan fingerprint density at radius 2 is 1.81 bits per heavy atom. The van der Waals surface area contributed by atoms with Crippen LogP contribution in [0.3, 0.4) is 0 Å². The standard InChI is InChI=1S/C21H21NO4/c23-19(24)18(22-20(25)26-13-14-6-2-1-3-7-14)17-16-9-5-4-8-15(16)12-21(17)10-11-21/h1-9,17-18H,10-13H2,(H,22,25)(H,23,24)/t17-,18+/m1/s1. The fraction of sp³-hybridized carbons (Fsp3) is 0.333. The second-order valence-electron chi connectivity index (χ2n) is 7.24. The average molecular weight is 351 g/mol. The minimum atomic E-state index is -1.02. The molecule has 2 N–H and O–H groups in total. The molecule has 134 valence electrons. The highest BCUT2D eigenvalue weighted by atomic mass is 16.5. The van der Waals surface area contributed by atoms with Crippen LogP contribution in [0.25, 0.3) is 0 Å². The molecule has 0 saturated heterocycles. The van der Waals surface area contributed by atoms with Gasteiger partial charge in [-0.1, -0.05) is 54.6 Å². The zero-order valence-electron chi connectivity index (χ0n) is 14.4. The van der Waals surface area contributed by atoms with Gasteiger partial charge in [-0.2, -0.15) is 0 Å². The van der Waals surface area contributed by atoms with Gasteiger partial charge in [0.05, 0.1) is 0 Å². The van der Waals surface area contributed by atoms with Crippen LogP contribution < -0.4 is 5.32 Å². The molecule has 0 aromatic heterocycles. The Hall–Kier alpha value is -2.82. The Balaban J connectivity index is 1.49. The number of carboxylic acid groups (broad SMARTS) is 1. The number of alkyl carbamates (subject to hydrolysis) is 1. The SMILES string of the molecule is O=C(N[C@H](C(=O)O)[C@H]1c2ccccc2CC12CC2)OCc1ccccc1. The van der Waals surface area contributed by atoms with Crippen LogP contribution in [0.1, 0.15) is 35.4 Å². The third-order valence-corrected chi connectivity index (χ3v) is 5.57. The first-order valence-corrected chi connectivity index (χ1v) is 8.87. The third-order valence-electron chi connectivity index (χ3n) is 5.57. The number of hydrogen-bond donors (Lipinski definition) is 2. The van der Waals surface area contributed by atoms with Crippen molar-refractivity contribution in [2.24, 2.45) is 5.41 Å². The van der Waals surface area contributed by atoms with Crippen LogP contribution in [0, 0.1) is 5.41 Å².